The third-order valence-electron chi connectivity index (χ3n) is 6.61. The summed E-state index contributed by atoms with van der Waals surface area (Å²) in [4.78, 5) is 7.86. The van der Waals surface area contributed by atoms with Crippen LogP contribution in [0.2, 0.25) is 0 Å². The Labute approximate surface area is 122 Å². The van der Waals surface area contributed by atoms with Crippen molar-refractivity contribution in [2.45, 2.75) is 65.0 Å². The molecule has 4 aliphatic rings. The average molecular weight is 273 g/mol. The Bertz CT molecular complexity index is 500. The summed E-state index contributed by atoms with van der Waals surface area (Å²) < 4.78 is 0. The molecule has 0 saturated heterocycles. The standard InChI is InChI=1S/C17H27N3/c1-10-13-6-12(17(13,2)3)7-14(10)18-8-15-16(11-4-5-11)20-9-19-15/h9-14,18H,4-8H2,1-3H3,(H,19,20)/t10-,12-,13-,14-/m1/s1. The second-order valence-corrected chi connectivity index (χ2v) is 7.98. The van der Waals surface area contributed by atoms with Gasteiger partial charge in [-0.1, -0.05) is 20.8 Å². The quantitative estimate of drug-likeness (QED) is 0.882. The summed E-state index contributed by atoms with van der Waals surface area (Å²) in [7, 11) is 0. The van der Waals surface area contributed by atoms with E-state index in [1.54, 1.807) is 0 Å². The third-order valence-corrected chi connectivity index (χ3v) is 6.61. The lowest BCUT2D eigenvalue weighted by atomic mass is 9.45. The number of H-pyrrole nitrogens is 1. The van der Waals surface area contributed by atoms with E-state index >= 15 is 0 Å². The van der Waals surface area contributed by atoms with Crippen LogP contribution in [0, 0.1) is 23.2 Å². The Hall–Kier alpha value is -0.830. The molecule has 110 valence electrons. The fraction of sp³-hybridized carbons (Fsp3) is 0.824. The van der Waals surface area contributed by atoms with Gasteiger partial charge in [0, 0.05) is 18.5 Å². The van der Waals surface area contributed by atoms with Crippen molar-refractivity contribution in [2.75, 3.05) is 0 Å². The maximum absolute atomic E-state index is 4.51. The highest BCUT2D eigenvalue weighted by atomic mass is 15.0. The summed E-state index contributed by atoms with van der Waals surface area (Å²) in [5.41, 5.74) is 3.25. The lowest BCUT2D eigenvalue weighted by molar-refractivity contribution is -0.115. The highest BCUT2D eigenvalue weighted by Crippen LogP contribution is 2.61. The maximum atomic E-state index is 4.51. The van der Waals surface area contributed by atoms with Crippen molar-refractivity contribution in [2.24, 2.45) is 23.2 Å². The average Bonchev–Trinajstić information content (AvgIpc) is 3.16. The van der Waals surface area contributed by atoms with Gasteiger partial charge >= 0.3 is 0 Å². The molecule has 0 amide bonds. The first kappa shape index (κ1) is 12.9. The van der Waals surface area contributed by atoms with Gasteiger partial charge in [0.15, 0.2) is 0 Å². The molecule has 3 heteroatoms. The smallest absolute Gasteiger partial charge is 0.0925 e. The van der Waals surface area contributed by atoms with Crippen LogP contribution in [0.4, 0.5) is 0 Å². The van der Waals surface area contributed by atoms with Crippen LogP contribution in [0.25, 0.3) is 0 Å². The molecule has 4 saturated carbocycles. The van der Waals surface area contributed by atoms with Crippen molar-refractivity contribution < 1.29 is 0 Å². The molecule has 2 N–H and O–H groups in total. The van der Waals surface area contributed by atoms with Crippen LogP contribution in [0.5, 0.6) is 0 Å². The van der Waals surface area contributed by atoms with Crippen molar-refractivity contribution in [3.63, 3.8) is 0 Å². The zero-order chi connectivity index (χ0) is 13.9. The van der Waals surface area contributed by atoms with E-state index in [1.807, 2.05) is 6.33 Å². The summed E-state index contributed by atoms with van der Waals surface area (Å²) in [6, 6.07) is 0.696. The lowest BCUT2D eigenvalue weighted by Gasteiger charge is -2.62. The van der Waals surface area contributed by atoms with Crippen molar-refractivity contribution in [1.82, 2.24) is 15.3 Å². The van der Waals surface area contributed by atoms with E-state index in [9.17, 15) is 0 Å². The Kier molecular flexibility index (Phi) is 2.79. The van der Waals surface area contributed by atoms with Gasteiger partial charge in [0.05, 0.1) is 17.7 Å². The summed E-state index contributed by atoms with van der Waals surface area (Å²) in [5, 5.41) is 3.82. The number of nitrogens with zero attached hydrogens (tertiary/aromatic N) is 1. The summed E-state index contributed by atoms with van der Waals surface area (Å²) >= 11 is 0. The van der Waals surface area contributed by atoms with Gasteiger partial charge in [-0.05, 0) is 48.9 Å². The number of aromatic nitrogens is 2. The first-order chi connectivity index (χ1) is 9.57. The Morgan fingerprint density at radius 3 is 2.80 bits per heavy atom. The van der Waals surface area contributed by atoms with E-state index in [0.717, 1.165) is 30.2 Å². The van der Waals surface area contributed by atoms with Crippen LogP contribution >= 0.6 is 0 Å². The van der Waals surface area contributed by atoms with Gasteiger partial charge in [-0.3, -0.25) is 0 Å². The van der Waals surface area contributed by atoms with Crippen molar-refractivity contribution in [3.05, 3.63) is 17.7 Å². The zero-order valence-electron chi connectivity index (χ0n) is 12.9. The molecule has 0 aliphatic heterocycles. The fourth-order valence-electron chi connectivity index (χ4n) is 4.83. The maximum Gasteiger partial charge on any atom is 0.0925 e. The van der Waals surface area contributed by atoms with Gasteiger partial charge in [-0.15, -0.1) is 0 Å². The van der Waals surface area contributed by atoms with Crippen molar-refractivity contribution in [3.8, 4) is 0 Å². The number of rotatable bonds is 4. The molecule has 3 nitrogen and oxygen atoms in total. The van der Waals surface area contributed by atoms with E-state index in [0.29, 0.717) is 11.5 Å². The minimum absolute atomic E-state index is 0.588. The van der Waals surface area contributed by atoms with Crippen molar-refractivity contribution >= 4 is 0 Å². The highest BCUT2D eigenvalue weighted by molar-refractivity contribution is 5.21. The van der Waals surface area contributed by atoms with Crippen LogP contribution in [-0.4, -0.2) is 16.0 Å². The molecule has 0 radical (unpaired) electrons. The number of fused-ring (bicyclic) bond motifs is 2. The molecular weight excluding hydrogens is 246 g/mol. The minimum Gasteiger partial charge on any atom is -0.347 e. The number of hydrogen-bond acceptors (Lipinski definition) is 2. The third kappa shape index (κ3) is 1.86. The normalized spacial score (nSPS) is 38.5. The number of hydrogen-bond donors (Lipinski definition) is 2. The topological polar surface area (TPSA) is 40.7 Å². The molecule has 20 heavy (non-hydrogen) atoms. The van der Waals surface area contributed by atoms with Crippen molar-refractivity contribution in [1.29, 1.82) is 0 Å². The monoisotopic (exact) mass is 273 g/mol. The lowest BCUT2D eigenvalue weighted by Crippen LogP contribution is -2.59. The molecule has 2 bridgehead atoms. The predicted octanol–water partition coefficient (Wildman–Crippen LogP) is 3.45. The molecule has 1 aromatic rings. The van der Waals surface area contributed by atoms with E-state index in [1.165, 1.54) is 37.1 Å². The zero-order valence-corrected chi connectivity index (χ0v) is 12.9. The molecule has 0 aromatic carbocycles. The molecule has 1 aromatic heterocycles. The summed E-state index contributed by atoms with van der Waals surface area (Å²) in [5.74, 6) is 3.41. The van der Waals surface area contributed by atoms with E-state index in [-0.39, 0.29) is 0 Å². The number of aromatic amines is 1. The first-order valence-electron chi connectivity index (χ1n) is 8.33. The summed E-state index contributed by atoms with van der Waals surface area (Å²) in [6.45, 7) is 8.37. The van der Waals surface area contributed by atoms with Gasteiger partial charge in [-0.25, -0.2) is 4.98 Å². The SMILES string of the molecule is C[C@@H]1[C@H]2C[C@H](C[C@H]1NCc1[nH]cnc1C1CC1)C2(C)C. The van der Waals surface area contributed by atoms with Crippen LogP contribution in [0.1, 0.15) is 63.8 Å². The second kappa shape index (κ2) is 4.33. The van der Waals surface area contributed by atoms with Crippen LogP contribution in [-0.2, 0) is 6.54 Å². The highest BCUT2D eigenvalue weighted by Gasteiger charge is 2.55. The summed E-state index contributed by atoms with van der Waals surface area (Å²) in [6.07, 6.45) is 7.35. The predicted molar refractivity (Wildman–Crippen MR) is 80.3 cm³/mol. The number of imidazole rings is 1. The van der Waals surface area contributed by atoms with Gasteiger partial charge in [-0.2, -0.15) is 0 Å². The van der Waals surface area contributed by atoms with E-state index in [4.69, 9.17) is 0 Å². The molecule has 4 aliphatic carbocycles. The molecule has 0 spiro atoms. The Morgan fingerprint density at radius 2 is 2.15 bits per heavy atom. The molecule has 5 rings (SSSR count). The van der Waals surface area contributed by atoms with Gasteiger partial charge in [0.2, 0.25) is 0 Å². The minimum atomic E-state index is 0.588. The molecule has 0 unspecified atom stereocenters. The number of nitrogens with one attached hydrogen (secondary N) is 2. The van der Waals surface area contributed by atoms with Gasteiger partial charge in [0.1, 0.15) is 0 Å². The van der Waals surface area contributed by atoms with E-state index in [2.05, 4.69) is 36.1 Å². The van der Waals surface area contributed by atoms with Crippen LogP contribution in [0.3, 0.4) is 0 Å². The van der Waals surface area contributed by atoms with Gasteiger partial charge in [0.25, 0.3) is 0 Å². The largest absolute Gasteiger partial charge is 0.347 e. The second-order valence-electron chi connectivity index (χ2n) is 7.98. The Balaban J connectivity index is 1.39. The molecule has 1 heterocycles. The van der Waals surface area contributed by atoms with Crippen LogP contribution in [0.15, 0.2) is 6.33 Å². The fourth-order valence-corrected chi connectivity index (χ4v) is 4.83. The van der Waals surface area contributed by atoms with Gasteiger partial charge < -0.3 is 10.3 Å². The molecule has 4 atom stereocenters. The molecular formula is C17H27N3. The first-order valence-corrected chi connectivity index (χ1v) is 8.33. The molecule has 4 fully saturated rings. The Morgan fingerprint density at radius 1 is 1.35 bits per heavy atom. The van der Waals surface area contributed by atoms with E-state index < -0.39 is 0 Å². The van der Waals surface area contributed by atoms with Crippen LogP contribution < -0.4 is 5.32 Å².